The van der Waals surface area contributed by atoms with E-state index in [1.165, 1.54) is 12.1 Å². The summed E-state index contributed by atoms with van der Waals surface area (Å²) in [4.78, 5) is 19.6. The fourth-order valence-electron chi connectivity index (χ4n) is 4.63. The summed E-state index contributed by atoms with van der Waals surface area (Å²) >= 11 is 6.24. The van der Waals surface area contributed by atoms with Crippen molar-refractivity contribution in [2.45, 2.75) is 39.0 Å². The van der Waals surface area contributed by atoms with E-state index in [9.17, 15) is 9.18 Å². The second kappa shape index (κ2) is 11.5. The summed E-state index contributed by atoms with van der Waals surface area (Å²) in [7, 11) is 0. The van der Waals surface area contributed by atoms with E-state index in [4.69, 9.17) is 21.1 Å². The molecule has 2 aliphatic rings. The van der Waals surface area contributed by atoms with Gasteiger partial charge in [-0.2, -0.15) is 0 Å². The number of nitrogens with zero attached hydrogens (tertiary/aromatic N) is 3. The highest BCUT2D eigenvalue weighted by Gasteiger charge is 2.32. The van der Waals surface area contributed by atoms with Crippen LogP contribution in [-0.2, 0) is 22.6 Å². The fraction of sp³-hybridized carbons (Fsp3) is 0.500. The van der Waals surface area contributed by atoms with Crippen LogP contribution in [0.2, 0.25) is 5.02 Å². The lowest BCUT2D eigenvalue weighted by Gasteiger charge is -2.44. The van der Waals surface area contributed by atoms with Gasteiger partial charge in [-0.25, -0.2) is 4.39 Å². The van der Waals surface area contributed by atoms with Crippen molar-refractivity contribution < 1.29 is 18.7 Å². The van der Waals surface area contributed by atoms with E-state index in [0.717, 1.165) is 50.5 Å². The van der Waals surface area contributed by atoms with E-state index in [1.54, 1.807) is 6.07 Å². The number of rotatable bonds is 7. The van der Waals surface area contributed by atoms with Crippen molar-refractivity contribution in [3.8, 4) is 5.75 Å². The van der Waals surface area contributed by atoms with Crippen LogP contribution >= 0.6 is 11.6 Å². The van der Waals surface area contributed by atoms with Crippen molar-refractivity contribution in [2.24, 2.45) is 0 Å². The van der Waals surface area contributed by atoms with Gasteiger partial charge < -0.3 is 14.4 Å². The maximum atomic E-state index is 13.2. The van der Waals surface area contributed by atoms with Gasteiger partial charge >= 0.3 is 0 Å². The Labute approximate surface area is 206 Å². The maximum absolute atomic E-state index is 13.2. The summed E-state index contributed by atoms with van der Waals surface area (Å²) in [6.45, 7) is 10.2. The summed E-state index contributed by atoms with van der Waals surface area (Å²) in [6, 6.07) is 12.4. The van der Waals surface area contributed by atoms with Gasteiger partial charge in [0.15, 0.2) is 6.61 Å². The summed E-state index contributed by atoms with van der Waals surface area (Å²) in [5.41, 5.74) is 2.05. The zero-order valence-corrected chi connectivity index (χ0v) is 20.6. The molecule has 0 radical (unpaired) electrons. The van der Waals surface area contributed by atoms with E-state index in [-0.39, 0.29) is 30.4 Å². The van der Waals surface area contributed by atoms with Gasteiger partial charge in [0, 0.05) is 61.9 Å². The molecule has 2 aromatic carbocycles. The fourth-order valence-corrected chi connectivity index (χ4v) is 4.82. The number of hydrogen-bond acceptors (Lipinski definition) is 5. The van der Waals surface area contributed by atoms with Crippen molar-refractivity contribution in [2.75, 3.05) is 46.0 Å². The highest BCUT2D eigenvalue weighted by Crippen LogP contribution is 2.25. The summed E-state index contributed by atoms with van der Waals surface area (Å²) in [5, 5.41) is 0.654. The summed E-state index contributed by atoms with van der Waals surface area (Å²) in [5.74, 6) is 0.447. The standard InChI is InChI=1S/C26H33ClFN3O3/c1-19-15-31(20(2)14-30(19)16-21-3-6-24(28)7-4-21)26(32)18-34-25-8-5-23(27)13-22(25)17-29-9-11-33-12-10-29/h3-8,13,19-20H,9-12,14-18H2,1-2H3/t19-,20+/m1/s1. The van der Waals surface area contributed by atoms with Crippen molar-refractivity contribution in [1.82, 2.24) is 14.7 Å². The van der Waals surface area contributed by atoms with Gasteiger partial charge in [0.1, 0.15) is 11.6 Å². The molecule has 2 aromatic rings. The number of piperazine rings is 1. The molecule has 2 aliphatic heterocycles. The number of amides is 1. The SMILES string of the molecule is C[C@@H]1CN(C(=O)COc2ccc(Cl)cc2CN2CCOCC2)[C@@H](C)CN1Cc1ccc(F)cc1. The molecule has 0 unspecified atom stereocenters. The zero-order valence-electron chi connectivity index (χ0n) is 19.9. The lowest BCUT2D eigenvalue weighted by Crippen LogP contribution is -2.58. The molecular weight excluding hydrogens is 457 g/mol. The lowest BCUT2D eigenvalue weighted by molar-refractivity contribution is -0.139. The predicted octanol–water partition coefficient (Wildman–Crippen LogP) is 3.81. The molecule has 2 heterocycles. The first-order valence-electron chi connectivity index (χ1n) is 11.9. The van der Waals surface area contributed by atoms with Crippen LogP contribution in [0.25, 0.3) is 0 Å². The Balaban J connectivity index is 1.34. The van der Waals surface area contributed by atoms with Crippen LogP contribution in [-0.4, -0.2) is 78.7 Å². The Kier molecular flexibility index (Phi) is 8.42. The second-order valence-corrected chi connectivity index (χ2v) is 9.67. The van der Waals surface area contributed by atoms with Gasteiger partial charge in [0.05, 0.1) is 13.2 Å². The molecule has 0 aromatic heterocycles. The maximum Gasteiger partial charge on any atom is 0.260 e. The molecule has 0 saturated carbocycles. The molecule has 2 atom stereocenters. The Morgan fingerprint density at radius 3 is 2.53 bits per heavy atom. The topological polar surface area (TPSA) is 45.3 Å². The van der Waals surface area contributed by atoms with E-state index in [2.05, 4.69) is 23.6 Å². The van der Waals surface area contributed by atoms with E-state index < -0.39 is 0 Å². The van der Waals surface area contributed by atoms with E-state index >= 15 is 0 Å². The molecule has 0 aliphatic carbocycles. The molecule has 2 saturated heterocycles. The third kappa shape index (κ3) is 6.48. The quantitative estimate of drug-likeness (QED) is 0.592. The normalized spacial score (nSPS) is 22.1. The largest absolute Gasteiger partial charge is 0.483 e. The molecule has 34 heavy (non-hydrogen) atoms. The van der Waals surface area contributed by atoms with Crippen LogP contribution in [0.4, 0.5) is 4.39 Å². The number of halogens is 2. The molecule has 184 valence electrons. The van der Waals surface area contributed by atoms with Crippen LogP contribution in [0.3, 0.4) is 0 Å². The monoisotopic (exact) mass is 489 g/mol. The first-order chi connectivity index (χ1) is 16.4. The van der Waals surface area contributed by atoms with E-state index in [1.807, 2.05) is 29.2 Å². The predicted molar refractivity (Wildman–Crippen MR) is 130 cm³/mol. The van der Waals surface area contributed by atoms with Crippen molar-refractivity contribution in [3.05, 3.63) is 64.4 Å². The molecule has 8 heteroatoms. The van der Waals surface area contributed by atoms with Gasteiger partial charge in [-0.3, -0.25) is 14.6 Å². The second-order valence-electron chi connectivity index (χ2n) is 9.23. The van der Waals surface area contributed by atoms with Crippen molar-refractivity contribution in [3.63, 3.8) is 0 Å². The molecule has 0 spiro atoms. The molecule has 6 nitrogen and oxygen atoms in total. The van der Waals surface area contributed by atoms with Crippen LogP contribution in [0.15, 0.2) is 42.5 Å². The Hall–Kier alpha value is -2.19. The van der Waals surface area contributed by atoms with Gasteiger partial charge in [0.2, 0.25) is 0 Å². The average Bonchev–Trinajstić information content (AvgIpc) is 2.82. The number of ether oxygens (including phenoxy) is 2. The Morgan fingerprint density at radius 1 is 1.06 bits per heavy atom. The molecule has 4 rings (SSSR count). The first-order valence-corrected chi connectivity index (χ1v) is 12.3. The van der Waals surface area contributed by atoms with Gasteiger partial charge in [-0.1, -0.05) is 23.7 Å². The number of benzene rings is 2. The van der Waals surface area contributed by atoms with Crippen LogP contribution in [0.5, 0.6) is 5.75 Å². The Bertz CT molecular complexity index is 968. The molecular formula is C26H33ClFN3O3. The minimum Gasteiger partial charge on any atom is -0.483 e. The highest BCUT2D eigenvalue weighted by molar-refractivity contribution is 6.30. The number of carbonyl (C=O) groups excluding carboxylic acids is 1. The molecule has 0 bridgehead atoms. The Morgan fingerprint density at radius 2 is 1.79 bits per heavy atom. The van der Waals surface area contributed by atoms with Crippen LogP contribution in [0.1, 0.15) is 25.0 Å². The number of carbonyl (C=O) groups is 1. The first kappa shape index (κ1) is 24.9. The minimum atomic E-state index is -0.227. The zero-order chi connectivity index (χ0) is 24.1. The minimum absolute atomic E-state index is 0.00718. The third-order valence-electron chi connectivity index (χ3n) is 6.61. The summed E-state index contributed by atoms with van der Waals surface area (Å²) < 4.78 is 24.7. The number of morpholine rings is 1. The molecule has 2 fully saturated rings. The van der Waals surface area contributed by atoms with Crippen molar-refractivity contribution in [1.29, 1.82) is 0 Å². The van der Waals surface area contributed by atoms with Gasteiger partial charge in [0.25, 0.3) is 5.91 Å². The summed E-state index contributed by atoms with van der Waals surface area (Å²) in [6.07, 6.45) is 0. The lowest BCUT2D eigenvalue weighted by atomic mass is 10.1. The number of hydrogen-bond donors (Lipinski definition) is 0. The highest BCUT2D eigenvalue weighted by atomic mass is 35.5. The van der Waals surface area contributed by atoms with Gasteiger partial charge in [-0.05, 0) is 49.7 Å². The average molecular weight is 490 g/mol. The third-order valence-corrected chi connectivity index (χ3v) is 6.84. The smallest absolute Gasteiger partial charge is 0.260 e. The van der Waals surface area contributed by atoms with E-state index in [0.29, 0.717) is 23.9 Å². The van der Waals surface area contributed by atoms with Crippen LogP contribution < -0.4 is 4.74 Å². The van der Waals surface area contributed by atoms with Crippen LogP contribution in [0, 0.1) is 5.82 Å². The molecule has 0 N–H and O–H groups in total. The van der Waals surface area contributed by atoms with Crippen molar-refractivity contribution >= 4 is 17.5 Å². The van der Waals surface area contributed by atoms with Gasteiger partial charge in [-0.15, -0.1) is 0 Å². The molecule has 1 amide bonds.